The van der Waals surface area contributed by atoms with E-state index in [0.29, 0.717) is 23.1 Å². The van der Waals surface area contributed by atoms with Gasteiger partial charge < -0.3 is 15.0 Å². The second-order valence-electron chi connectivity index (χ2n) is 6.01. The Bertz CT molecular complexity index is 1130. The van der Waals surface area contributed by atoms with E-state index in [2.05, 4.69) is 0 Å². The summed E-state index contributed by atoms with van der Waals surface area (Å²) in [6.07, 6.45) is 0.604. The molecular formula is C20H19N2O5S-. The molecule has 3 N–H and O–H groups in total. The van der Waals surface area contributed by atoms with Crippen LogP contribution in [0.5, 0.6) is 5.75 Å². The fraction of sp³-hybridized carbons (Fsp3) is 0.100. The van der Waals surface area contributed by atoms with E-state index < -0.39 is 16.1 Å². The van der Waals surface area contributed by atoms with Gasteiger partial charge in [0, 0.05) is 11.8 Å². The summed E-state index contributed by atoms with van der Waals surface area (Å²) in [5, 5.41) is 9.70. The van der Waals surface area contributed by atoms with Crippen molar-refractivity contribution in [3.05, 3.63) is 77.4 Å². The van der Waals surface area contributed by atoms with Gasteiger partial charge in [0.2, 0.25) is 0 Å². The molecule has 28 heavy (non-hydrogen) atoms. The van der Waals surface area contributed by atoms with E-state index in [9.17, 15) is 4.79 Å². The molecule has 8 heteroatoms. The molecule has 7 nitrogen and oxygen atoms in total. The van der Waals surface area contributed by atoms with Gasteiger partial charge >= 0.3 is 5.97 Å². The van der Waals surface area contributed by atoms with E-state index >= 15 is 0 Å². The number of nitrogens with one attached hydrogen (secondary N) is 1. The Labute approximate surface area is 163 Å². The minimum Gasteiger partial charge on any atom is -0.748 e. The van der Waals surface area contributed by atoms with Crippen molar-refractivity contribution < 1.29 is 22.5 Å². The van der Waals surface area contributed by atoms with Gasteiger partial charge in [-0.25, -0.2) is 13.2 Å². The summed E-state index contributed by atoms with van der Waals surface area (Å²) >= 11 is 0. The lowest BCUT2D eigenvalue weighted by Gasteiger charge is -2.11. The highest BCUT2D eigenvalue weighted by molar-refractivity contribution is 7.84. The number of benzene rings is 3. The predicted octanol–water partition coefficient (Wildman–Crippen LogP) is 2.81. The first-order valence-corrected chi connectivity index (χ1v) is 9.94. The van der Waals surface area contributed by atoms with Crippen molar-refractivity contribution >= 4 is 32.7 Å². The van der Waals surface area contributed by atoms with Crippen molar-refractivity contribution in [2.75, 3.05) is 6.26 Å². The number of carbonyl (C=O) groups is 1. The van der Waals surface area contributed by atoms with Gasteiger partial charge in [-0.15, -0.1) is 0 Å². The topological polar surface area (TPSA) is 133 Å². The molecule has 0 saturated heterocycles. The van der Waals surface area contributed by atoms with Gasteiger partial charge in [-0.3, -0.25) is 5.41 Å². The molecule has 0 aliphatic rings. The van der Waals surface area contributed by atoms with Crippen molar-refractivity contribution in [2.45, 2.75) is 6.92 Å². The smallest absolute Gasteiger partial charge is 0.344 e. The standard InChI is InChI=1S/C19H16N2O2.CH4O3S/c1-12-5-4-8-16(18(20)21)17(12)19(22)23-15-10-9-13-6-2-3-7-14(13)11-15;1-5(2,3)4/h2-11H,1H3,(H3,20,21);1H3,(H,2,3,4)/p-1. The van der Waals surface area contributed by atoms with Gasteiger partial charge in [-0.2, -0.15) is 0 Å². The molecule has 0 saturated carbocycles. The van der Waals surface area contributed by atoms with E-state index in [1.807, 2.05) is 36.4 Å². The monoisotopic (exact) mass is 399 g/mol. The number of aryl methyl sites for hydroxylation is 1. The maximum absolute atomic E-state index is 12.5. The quantitative estimate of drug-likeness (QED) is 0.229. The zero-order valence-electron chi connectivity index (χ0n) is 15.3. The van der Waals surface area contributed by atoms with Crippen molar-refractivity contribution in [1.29, 1.82) is 5.41 Å². The molecule has 3 aromatic carbocycles. The average Bonchev–Trinajstić information content (AvgIpc) is 2.59. The molecule has 0 spiro atoms. The molecule has 0 aliphatic heterocycles. The van der Waals surface area contributed by atoms with Gasteiger partial charge in [0.25, 0.3) is 0 Å². The van der Waals surface area contributed by atoms with Crippen LogP contribution in [-0.4, -0.2) is 31.0 Å². The number of amidine groups is 1. The fourth-order valence-electron chi connectivity index (χ4n) is 2.55. The van der Waals surface area contributed by atoms with Crippen LogP contribution < -0.4 is 10.5 Å². The highest BCUT2D eigenvalue weighted by atomic mass is 32.2. The summed E-state index contributed by atoms with van der Waals surface area (Å²) in [5.74, 6) is -0.200. The molecule has 0 aromatic heterocycles. The highest BCUT2D eigenvalue weighted by Gasteiger charge is 2.18. The third kappa shape index (κ3) is 5.90. The largest absolute Gasteiger partial charge is 0.748 e. The van der Waals surface area contributed by atoms with E-state index in [-0.39, 0.29) is 5.84 Å². The normalized spacial score (nSPS) is 10.7. The van der Waals surface area contributed by atoms with Crippen LogP contribution in [0.2, 0.25) is 0 Å². The van der Waals surface area contributed by atoms with Crippen molar-refractivity contribution in [2.24, 2.45) is 5.73 Å². The molecule has 0 amide bonds. The van der Waals surface area contributed by atoms with Crippen LogP contribution in [0.4, 0.5) is 0 Å². The minimum atomic E-state index is -3.92. The van der Waals surface area contributed by atoms with Gasteiger partial charge in [0.15, 0.2) is 0 Å². The third-order valence-electron chi connectivity index (χ3n) is 3.70. The van der Waals surface area contributed by atoms with Crippen LogP contribution in [-0.2, 0) is 10.1 Å². The number of nitrogens with two attached hydrogens (primary N) is 1. The molecule has 0 heterocycles. The molecule has 0 bridgehead atoms. The van der Waals surface area contributed by atoms with Crippen LogP contribution >= 0.6 is 0 Å². The van der Waals surface area contributed by atoms with E-state index in [1.165, 1.54) is 0 Å². The molecule has 3 aromatic rings. The summed E-state index contributed by atoms with van der Waals surface area (Å²) in [5.41, 5.74) is 7.00. The first-order valence-electron chi connectivity index (χ1n) is 8.12. The zero-order valence-corrected chi connectivity index (χ0v) is 16.1. The number of fused-ring (bicyclic) bond motifs is 1. The van der Waals surface area contributed by atoms with Crippen molar-refractivity contribution in [1.82, 2.24) is 0 Å². The Balaban J connectivity index is 0.000000500. The van der Waals surface area contributed by atoms with Crippen LogP contribution in [0.15, 0.2) is 60.7 Å². The van der Waals surface area contributed by atoms with E-state index in [1.54, 1.807) is 31.2 Å². The van der Waals surface area contributed by atoms with E-state index in [0.717, 1.165) is 16.3 Å². The van der Waals surface area contributed by atoms with Gasteiger partial charge in [-0.1, -0.05) is 48.5 Å². The summed E-state index contributed by atoms with van der Waals surface area (Å²) in [7, 11) is -3.92. The highest BCUT2D eigenvalue weighted by Crippen LogP contribution is 2.23. The average molecular weight is 399 g/mol. The predicted molar refractivity (Wildman–Crippen MR) is 107 cm³/mol. The Hall–Kier alpha value is -3.23. The molecule has 0 fully saturated rings. The van der Waals surface area contributed by atoms with Crippen LogP contribution in [0, 0.1) is 12.3 Å². The van der Waals surface area contributed by atoms with Crippen molar-refractivity contribution in [3.63, 3.8) is 0 Å². The molecule has 3 rings (SSSR count). The van der Waals surface area contributed by atoms with Crippen LogP contribution in [0.3, 0.4) is 0 Å². The Morgan fingerprint density at radius 2 is 1.64 bits per heavy atom. The molecule has 0 aliphatic carbocycles. The Kier molecular flexibility index (Phi) is 6.50. The zero-order chi connectivity index (χ0) is 20.9. The van der Waals surface area contributed by atoms with Crippen LogP contribution in [0.25, 0.3) is 10.8 Å². The van der Waals surface area contributed by atoms with E-state index in [4.69, 9.17) is 28.9 Å². The number of ether oxygens (including phenoxy) is 1. The first kappa shape index (κ1) is 21.1. The maximum Gasteiger partial charge on any atom is 0.344 e. The Morgan fingerprint density at radius 3 is 2.25 bits per heavy atom. The summed E-state index contributed by atoms with van der Waals surface area (Å²) in [6.45, 7) is 1.80. The van der Waals surface area contributed by atoms with Crippen molar-refractivity contribution in [3.8, 4) is 5.75 Å². The second kappa shape index (κ2) is 8.64. The van der Waals surface area contributed by atoms with Crippen LogP contribution in [0.1, 0.15) is 21.5 Å². The SMILES string of the molecule is CS(=O)(=O)[O-].Cc1cccc(C(=N)N)c1C(=O)Oc1ccc2ccccc2c1. The molecule has 0 unspecified atom stereocenters. The molecule has 0 radical (unpaired) electrons. The molecule has 146 valence electrons. The number of esters is 1. The first-order chi connectivity index (χ1) is 13.1. The number of hydrogen-bond donors (Lipinski definition) is 2. The van der Waals surface area contributed by atoms with Gasteiger partial charge in [0.1, 0.15) is 11.6 Å². The fourth-order valence-corrected chi connectivity index (χ4v) is 2.55. The number of rotatable bonds is 3. The molecular weight excluding hydrogens is 380 g/mol. The second-order valence-corrected chi connectivity index (χ2v) is 7.42. The number of nitrogen functional groups attached to an aromatic ring is 1. The lowest BCUT2D eigenvalue weighted by molar-refractivity contribution is 0.0734. The summed E-state index contributed by atoms with van der Waals surface area (Å²) in [6, 6.07) is 18.5. The number of carbonyl (C=O) groups excluding carboxylic acids is 1. The van der Waals surface area contributed by atoms with Gasteiger partial charge in [-0.05, 0) is 35.4 Å². The lowest BCUT2D eigenvalue weighted by atomic mass is 10.0. The maximum atomic E-state index is 12.5. The van der Waals surface area contributed by atoms with Gasteiger partial charge in [0.05, 0.1) is 15.7 Å². The third-order valence-corrected chi connectivity index (χ3v) is 3.70. The summed E-state index contributed by atoms with van der Waals surface area (Å²) < 4.78 is 32.7. The number of hydrogen-bond acceptors (Lipinski definition) is 6. The molecule has 0 atom stereocenters. The minimum absolute atomic E-state index is 0.154. The Morgan fingerprint density at radius 1 is 1.04 bits per heavy atom. The summed E-state index contributed by atoms with van der Waals surface area (Å²) in [4.78, 5) is 12.5. The lowest BCUT2D eigenvalue weighted by Crippen LogP contribution is -2.20.